The average molecular weight is 724 g/mol. The largest absolute Gasteiger partial charge is 0.310 e. The van der Waals surface area contributed by atoms with E-state index < -0.39 is 0 Å². The highest BCUT2D eigenvalue weighted by molar-refractivity contribution is 6.25. The Hall–Kier alpha value is -7.48. The molecule has 0 spiro atoms. The Kier molecular flexibility index (Phi) is 7.89. The summed E-state index contributed by atoms with van der Waals surface area (Å²) in [5.74, 6) is 0. The molecule has 0 unspecified atom stereocenters. The normalized spacial score (nSPS) is 11.5. The van der Waals surface area contributed by atoms with E-state index in [2.05, 4.69) is 229 Å². The van der Waals surface area contributed by atoms with Crippen LogP contribution in [0.15, 0.2) is 224 Å². The molecule has 0 heterocycles. The SMILES string of the molecule is c1cc(-c2ccc3ccccc3c2)cc(N(c2ccc(-c3ccccc3-c3ccc4ccccc4c3)cc2)c2ccc3c4ccccc4c4ccccc4c3c2)c1. The Morgan fingerprint density at radius 3 is 1.30 bits per heavy atom. The first kappa shape index (κ1) is 32.9. The van der Waals surface area contributed by atoms with Crippen molar-refractivity contribution in [1.82, 2.24) is 0 Å². The summed E-state index contributed by atoms with van der Waals surface area (Å²) in [6.45, 7) is 0. The third-order valence-electron chi connectivity index (χ3n) is 11.6. The topological polar surface area (TPSA) is 3.24 Å². The fourth-order valence-electron chi connectivity index (χ4n) is 8.81. The van der Waals surface area contributed by atoms with Crippen LogP contribution in [0.25, 0.3) is 87.2 Å². The van der Waals surface area contributed by atoms with Crippen molar-refractivity contribution in [3.8, 4) is 33.4 Å². The van der Waals surface area contributed by atoms with Crippen molar-refractivity contribution in [3.63, 3.8) is 0 Å². The van der Waals surface area contributed by atoms with Crippen LogP contribution in [0.1, 0.15) is 0 Å². The van der Waals surface area contributed by atoms with Crippen LogP contribution in [0.3, 0.4) is 0 Å². The number of hydrogen-bond donors (Lipinski definition) is 0. The highest BCUT2D eigenvalue weighted by Gasteiger charge is 2.17. The average Bonchev–Trinajstić information content (AvgIpc) is 3.29. The third kappa shape index (κ3) is 5.80. The van der Waals surface area contributed by atoms with Crippen molar-refractivity contribution in [3.05, 3.63) is 224 Å². The molecule has 0 aromatic heterocycles. The van der Waals surface area contributed by atoms with Crippen LogP contribution in [0.5, 0.6) is 0 Å². The second-order valence-electron chi connectivity index (χ2n) is 14.9. The Bertz CT molecular complexity index is 3270. The van der Waals surface area contributed by atoms with Gasteiger partial charge < -0.3 is 4.90 Å². The summed E-state index contributed by atoms with van der Waals surface area (Å²) in [5.41, 5.74) is 10.5. The minimum absolute atomic E-state index is 1.10. The van der Waals surface area contributed by atoms with E-state index in [1.807, 2.05) is 0 Å². The first-order chi connectivity index (χ1) is 28.2. The van der Waals surface area contributed by atoms with E-state index in [9.17, 15) is 0 Å². The second-order valence-corrected chi connectivity index (χ2v) is 14.9. The highest BCUT2D eigenvalue weighted by atomic mass is 15.1. The minimum atomic E-state index is 1.10. The maximum atomic E-state index is 2.41. The molecule has 0 aliphatic rings. The lowest BCUT2D eigenvalue weighted by Crippen LogP contribution is -2.10. The zero-order valence-electron chi connectivity index (χ0n) is 31.3. The van der Waals surface area contributed by atoms with Gasteiger partial charge in [0.15, 0.2) is 0 Å². The number of benzene rings is 11. The number of hydrogen-bond acceptors (Lipinski definition) is 1. The molecule has 0 bridgehead atoms. The second kappa shape index (κ2) is 13.7. The van der Waals surface area contributed by atoms with Gasteiger partial charge in [0.2, 0.25) is 0 Å². The third-order valence-corrected chi connectivity index (χ3v) is 11.6. The molecule has 11 aromatic carbocycles. The Labute approximate surface area is 332 Å². The molecule has 11 aromatic rings. The van der Waals surface area contributed by atoms with E-state index in [1.54, 1.807) is 0 Å². The predicted molar refractivity (Wildman–Crippen MR) is 245 cm³/mol. The van der Waals surface area contributed by atoms with Gasteiger partial charge in [0.1, 0.15) is 0 Å². The molecule has 0 amide bonds. The van der Waals surface area contributed by atoms with Gasteiger partial charge in [-0.05, 0) is 136 Å². The molecule has 0 radical (unpaired) electrons. The van der Waals surface area contributed by atoms with Gasteiger partial charge in [0, 0.05) is 17.1 Å². The van der Waals surface area contributed by atoms with Gasteiger partial charge in [-0.25, -0.2) is 0 Å². The van der Waals surface area contributed by atoms with Gasteiger partial charge in [-0.15, -0.1) is 0 Å². The lowest BCUT2D eigenvalue weighted by Gasteiger charge is -2.27. The maximum Gasteiger partial charge on any atom is 0.0468 e. The molecule has 57 heavy (non-hydrogen) atoms. The first-order valence-electron chi connectivity index (χ1n) is 19.7. The van der Waals surface area contributed by atoms with Gasteiger partial charge in [0.05, 0.1) is 0 Å². The minimum Gasteiger partial charge on any atom is -0.310 e. The molecule has 0 aliphatic carbocycles. The van der Waals surface area contributed by atoms with E-state index in [0.717, 1.165) is 17.1 Å². The van der Waals surface area contributed by atoms with Crippen molar-refractivity contribution >= 4 is 70.9 Å². The van der Waals surface area contributed by atoms with Gasteiger partial charge in [0.25, 0.3) is 0 Å². The predicted octanol–water partition coefficient (Wildman–Crippen LogP) is 15.9. The van der Waals surface area contributed by atoms with Crippen LogP contribution < -0.4 is 4.90 Å². The molecule has 0 atom stereocenters. The Morgan fingerprint density at radius 1 is 0.211 bits per heavy atom. The van der Waals surface area contributed by atoms with E-state index in [4.69, 9.17) is 0 Å². The Morgan fingerprint density at radius 2 is 0.649 bits per heavy atom. The monoisotopic (exact) mass is 723 g/mol. The zero-order chi connectivity index (χ0) is 37.7. The van der Waals surface area contributed by atoms with Crippen LogP contribution in [0.2, 0.25) is 0 Å². The molecule has 0 N–H and O–H groups in total. The quantitative estimate of drug-likeness (QED) is 0.154. The molecule has 0 saturated heterocycles. The van der Waals surface area contributed by atoms with Crippen LogP contribution >= 0.6 is 0 Å². The molecule has 266 valence electrons. The summed E-state index contributed by atoms with van der Waals surface area (Å²) < 4.78 is 0. The highest BCUT2D eigenvalue weighted by Crippen LogP contribution is 2.43. The first-order valence-corrected chi connectivity index (χ1v) is 19.7. The summed E-state index contributed by atoms with van der Waals surface area (Å²) in [6.07, 6.45) is 0. The number of rotatable bonds is 6. The van der Waals surface area contributed by atoms with E-state index in [0.29, 0.717) is 0 Å². The van der Waals surface area contributed by atoms with Crippen molar-refractivity contribution in [2.45, 2.75) is 0 Å². The van der Waals surface area contributed by atoms with E-state index in [-0.39, 0.29) is 0 Å². The fraction of sp³-hybridized carbons (Fsp3) is 0. The van der Waals surface area contributed by atoms with Crippen LogP contribution in [-0.4, -0.2) is 0 Å². The number of anilines is 3. The van der Waals surface area contributed by atoms with Crippen molar-refractivity contribution in [2.24, 2.45) is 0 Å². The van der Waals surface area contributed by atoms with Crippen LogP contribution in [0, 0.1) is 0 Å². The molecular weight excluding hydrogens is 687 g/mol. The van der Waals surface area contributed by atoms with Crippen molar-refractivity contribution < 1.29 is 0 Å². The smallest absolute Gasteiger partial charge is 0.0468 e. The maximum absolute atomic E-state index is 2.41. The summed E-state index contributed by atoms with van der Waals surface area (Å²) in [7, 11) is 0. The summed E-state index contributed by atoms with van der Waals surface area (Å²) in [5, 5.41) is 12.6. The molecule has 0 saturated carbocycles. The zero-order valence-corrected chi connectivity index (χ0v) is 31.3. The van der Waals surface area contributed by atoms with Gasteiger partial charge in [-0.3, -0.25) is 0 Å². The molecule has 0 fully saturated rings. The summed E-state index contributed by atoms with van der Waals surface area (Å²) in [6, 6.07) is 82.1. The lowest BCUT2D eigenvalue weighted by atomic mass is 9.93. The standard InChI is InChI=1S/C56H37N/c1-3-14-41-34-44(26-24-38(41)12-1)43-16-11-17-47(36-43)57(48-32-33-55-53-22-8-7-20-51(53)52-21-9-10-23-54(52)56(55)37-48)46-30-28-40(29-31-46)49-18-5-6-19-50(49)45-27-25-39-13-2-4-15-42(39)35-45/h1-37H. The molecule has 1 heteroatoms. The molecular formula is C56H37N. The Balaban J connectivity index is 1.07. The van der Waals surface area contributed by atoms with Crippen LogP contribution in [0.4, 0.5) is 17.1 Å². The lowest BCUT2D eigenvalue weighted by molar-refractivity contribution is 1.29. The van der Waals surface area contributed by atoms with Gasteiger partial charge >= 0.3 is 0 Å². The number of nitrogens with zero attached hydrogens (tertiary/aromatic N) is 1. The van der Waals surface area contributed by atoms with E-state index >= 15 is 0 Å². The molecule has 0 aliphatic heterocycles. The summed E-state index contributed by atoms with van der Waals surface area (Å²) in [4.78, 5) is 2.41. The van der Waals surface area contributed by atoms with Crippen molar-refractivity contribution in [1.29, 1.82) is 0 Å². The van der Waals surface area contributed by atoms with Gasteiger partial charge in [-0.2, -0.15) is 0 Å². The van der Waals surface area contributed by atoms with Crippen LogP contribution in [-0.2, 0) is 0 Å². The van der Waals surface area contributed by atoms with Gasteiger partial charge in [-0.1, -0.05) is 176 Å². The summed E-state index contributed by atoms with van der Waals surface area (Å²) >= 11 is 0. The van der Waals surface area contributed by atoms with E-state index in [1.165, 1.54) is 87.2 Å². The molecule has 1 nitrogen and oxygen atoms in total. The molecule has 11 rings (SSSR count). The fourth-order valence-corrected chi connectivity index (χ4v) is 8.81. The van der Waals surface area contributed by atoms with Crippen molar-refractivity contribution in [2.75, 3.05) is 4.90 Å². The number of fused-ring (bicyclic) bond motifs is 8.